The molecular formula is C54H33NO2. The maximum atomic E-state index is 6.64. The van der Waals surface area contributed by atoms with E-state index in [4.69, 9.17) is 8.83 Å². The monoisotopic (exact) mass is 727 g/mol. The lowest BCUT2D eigenvalue weighted by atomic mass is 9.90. The quantitative estimate of drug-likeness (QED) is 0.177. The molecule has 57 heavy (non-hydrogen) atoms. The zero-order valence-electron chi connectivity index (χ0n) is 30.8. The summed E-state index contributed by atoms with van der Waals surface area (Å²) in [7, 11) is 0. The summed E-state index contributed by atoms with van der Waals surface area (Å²) in [6.45, 7) is 0. The Kier molecular flexibility index (Phi) is 6.93. The van der Waals surface area contributed by atoms with E-state index in [-0.39, 0.29) is 0 Å². The van der Waals surface area contributed by atoms with Crippen LogP contribution in [0.25, 0.3) is 116 Å². The minimum atomic E-state index is 0.862. The summed E-state index contributed by atoms with van der Waals surface area (Å²) in [6.07, 6.45) is 0. The number of benzene rings is 9. The minimum Gasteiger partial charge on any atom is -0.456 e. The van der Waals surface area contributed by atoms with Crippen LogP contribution in [0, 0.1) is 0 Å². The fraction of sp³-hybridized carbons (Fsp3) is 0. The van der Waals surface area contributed by atoms with Gasteiger partial charge in [-0.1, -0.05) is 133 Å². The van der Waals surface area contributed by atoms with Gasteiger partial charge >= 0.3 is 0 Å². The zero-order chi connectivity index (χ0) is 37.5. The summed E-state index contributed by atoms with van der Waals surface area (Å²) in [6, 6.07) is 71.5. The standard InChI is InChI=1S/C54H33NO2/c1-3-13-34(14-4-1)36-25-27-44-43-17-7-9-21-47(43)55(48(44)32-36)40-26-28-50-46(33-40)54-42(20-12-24-52(54)57-50)39-30-37(35-15-5-2-6-16-35)29-38(31-39)41-19-11-23-51-53(41)45-18-8-10-22-49(45)56-51/h1-33H. The van der Waals surface area contributed by atoms with Crippen molar-refractivity contribution in [3.8, 4) is 50.2 Å². The van der Waals surface area contributed by atoms with Gasteiger partial charge in [0.05, 0.1) is 11.0 Å². The molecule has 0 aliphatic carbocycles. The van der Waals surface area contributed by atoms with Crippen LogP contribution in [0.3, 0.4) is 0 Å². The zero-order valence-corrected chi connectivity index (χ0v) is 30.8. The summed E-state index contributed by atoms with van der Waals surface area (Å²) in [5, 5.41) is 6.89. The predicted octanol–water partition coefficient (Wildman–Crippen LogP) is 15.3. The molecule has 0 saturated carbocycles. The Balaban J connectivity index is 1.10. The van der Waals surface area contributed by atoms with Gasteiger partial charge < -0.3 is 13.4 Å². The highest BCUT2D eigenvalue weighted by atomic mass is 16.3. The molecule has 3 heterocycles. The van der Waals surface area contributed by atoms with Gasteiger partial charge in [-0.2, -0.15) is 0 Å². The second-order valence-corrected chi connectivity index (χ2v) is 14.9. The van der Waals surface area contributed by atoms with Crippen molar-refractivity contribution in [2.45, 2.75) is 0 Å². The molecule has 0 spiro atoms. The van der Waals surface area contributed by atoms with E-state index in [1.165, 1.54) is 32.9 Å². The van der Waals surface area contributed by atoms with Crippen molar-refractivity contribution in [1.82, 2.24) is 4.57 Å². The minimum absolute atomic E-state index is 0.862. The van der Waals surface area contributed by atoms with Gasteiger partial charge in [0.15, 0.2) is 0 Å². The number of nitrogens with zero attached hydrogens (tertiary/aromatic N) is 1. The Hall–Kier alpha value is -7.62. The second-order valence-electron chi connectivity index (χ2n) is 14.9. The molecule has 12 rings (SSSR count). The molecule has 0 fully saturated rings. The molecule has 3 nitrogen and oxygen atoms in total. The van der Waals surface area contributed by atoms with E-state index >= 15 is 0 Å². The topological polar surface area (TPSA) is 31.2 Å². The molecular weight excluding hydrogens is 695 g/mol. The molecule has 9 aromatic carbocycles. The van der Waals surface area contributed by atoms with Crippen LogP contribution in [0.5, 0.6) is 0 Å². The van der Waals surface area contributed by atoms with Gasteiger partial charge in [0.25, 0.3) is 0 Å². The highest BCUT2D eigenvalue weighted by Gasteiger charge is 2.19. The third kappa shape index (κ3) is 4.99. The fourth-order valence-electron chi connectivity index (χ4n) is 9.00. The van der Waals surface area contributed by atoms with Crippen LogP contribution in [0.15, 0.2) is 209 Å². The first kappa shape index (κ1) is 31.7. The lowest BCUT2D eigenvalue weighted by Crippen LogP contribution is -1.94. The summed E-state index contributed by atoms with van der Waals surface area (Å²) in [4.78, 5) is 0. The first-order valence-electron chi connectivity index (χ1n) is 19.4. The SMILES string of the molecule is c1ccc(-c2cc(-c3cccc4oc5ccccc5c34)cc(-c3cccc4oc5ccc(-n6c7ccccc7c7ccc(-c8ccccc8)cc76)cc5c34)c2)cc1. The summed E-state index contributed by atoms with van der Waals surface area (Å²) in [5.74, 6) is 0. The third-order valence-corrected chi connectivity index (χ3v) is 11.6. The fourth-order valence-corrected chi connectivity index (χ4v) is 9.00. The van der Waals surface area contributed by atoms with Crippen LogP contribution < -0.4 is 0 Å². The largest absolute Gasteiger partial charge is 0.456 e. The summed E-state index contributed by atoms with van der Waals surface area (Å²) < 4.78 is 15.4. The Bertz CT molecular complexity index is 3510. The average Bonchev–Trinajstić information content (AvgIpc) is 3.96. The molecule has 0 unspecified atom stereocenters. The molecule has 266 valence electrons. The molecule has 0 atom stereocenters. The van der Waals surface area contributed by atoms with Gasteiger partial charge in [0.2, 0.25) is 0 Å². The first-order chi connectivity index (χ1) is 28.2. The number of hydrogen-bond acceptors (Lipinski definition) is 2. The molecule has 3 heteroatoms. The highest BCUT2D eigenvalue weighted by Crippen LogP contribution is 2.44. The molecule has 0 aliphatic heterocycles. The van der Waals surface area contributed by atoms with Gasteiger partial charge in [0, 0.05) is 38.0 Å². The first-order valence-corrected chi connectivity index (χ1v) is 19.4. The normalized spacial score (nSPS) is 11.9. The van der Waals surface area contributed by atoms with E-state index in [9.17, 15) is 0 Å². The van der Waals surface area contributed by atoms with Crippen LogP contribution >= 0.6 is 0 Å². The highest BCUT2D eigenvalue weighted by molar-refractivity contribution is 6.16. The van der Waals surface area contributed by atoms with E-state index in [0.717, 1.165) is 82.9 Å². The Morgan fingerprint density at radius 2 is 0.825 bits per heavy atom. The van der Waals surface area contributed by atoms with Gasteiger partial charge in [-0.25, -0.2) is 0 Å². The van der Waals surface area contributed by atoms with Gasteiger partial charge in [-0.3, -0.25) is 0 Å². The lowest BCUT2D eigenvalue weighted by molar-refractivity contribution is 0.668. The van der Waals surface area contributed by atoms with Gasteiger partial charge in [-0.05, 0) is 111 Å². The number of para-hydroxylation sites is 2. The second kappa shape index (κ2) is 12.5. The van der Waals surface area contributed by atoms with Crippen molar-refractivity contribution in [3.05, 3.63) is 200 Å². The van der Waals surface area contributed by atoms with Crippen molar-refractivity contribution < 1.29 is 8.83 Å². The Labute approximate surface area is 328 Å². The summed E-state index contributed by atoms with van der Waals surface area (Å²) in [5.41, 5.74) is 16.2. The lowest BCUT2D eigenvalue weighted by Gasteiger charge is -2.13. The Morgan fingerprint density at radius 1 is 0.281 bits per heavy atom. The number of furan rings is 2. The van der Waals surface area contributed by atoms with Crippen LogP contribution in [0.4, 0.5) is 0 Å². The Morgan fingerprint density at radius 3 is 1.54 bits per heavy atom. The molecule has 0 amide bonds. The smallest absolute Gasteiger partial charge is 0.136 e. The number of aromatic nitrogens is 1. The van der Waals surface area contributed by atoms with E-state index < -0.39 is 0 Å². The molecule has 0 aliphatic rings. The van der Waals surface area contributed by atoms with E-state index in [1.54, 1.807) is 0 Å². The number of hydrogen-bond donors (Lipinski definition) is 0. The van der Waals surface area contributed by atoms with Crippen LogP contribution in [-0.2, 0) is 0 Å². The van der Waals surface area contributed by atoms with Gasteiger partial charge in [0.1, 0.15) is 22.3 Å². The van der Waals surface area contributed by atoms with E-state index in [1.807, 2.05) is 12.1 Å². The molecule has 0 radical (unpaired) electrons. The van der Waals surface area contributed by atoms with Crippen molar-refractivity contribution in [2.75, 3.05) is 0 Å². The van der Waals surface area contributed by atoms with Crippen molar-refractivity contribution in [1.29, 1.82) is 0 Å². The van der Waals surface area contributed by atoms with Crippen molar-refractivity contribution in [3.63, 3.8) is 0 Å². The number of fused-ring (bicyclic) bond motifs is 9. The maximum absolute atomic E-state index is 6.64. The van der Waals surface area contributed by atoms with Gasteiger partial charge in [-0.15, -0.1) is 0 Å². The maximum Gasteiger partial charge on any atom is 0.136 e. The molecule has 12 aromatic rings. The molecule has 3 aromatic heterocycles. The van der Waals surface area contributed by atoms with Crippen molar-refractivity contribution >= 4 is 65.7 Å². The van der Waals surface area contributed by atoms with E-state index in [2.05, 4.69) is 193 Å². The van der Waals surface area contributed by atoms with Crippen LogP contribution in [-0.4, -0.2) is 4.57 Å². The van der Waals surface area contributed by atoms with E-state index in [0.29, 0.717) is 0 Å². The third-order valence-electron chi connectivity index (χ3n) is 11.6. The molecule has 0 saturated heterocycles. The molecule has 0 N–H and O–H groups in total. The van der Waals surface area contributed by atoms with Crippen molar-refractivity contribution in [2.24, 2.45) is 0 Å². The predicted molar refractivity (Wildman–Crippen MR) is 237 cm³/mol. The average molecular weight is 728 g/mol. The summed E-state index contributed by atoms with van der Waals surface area (Å²) >= 11 is 0. The number of rotatable bonds is 5. The van der Waals surface area contributed by atoms with Crippen LogP contribution in [0.1, 0.15) is 0 Å². The molecule has 0 bridgehead atoms. The van der Waals surface area contributed by atoms with Crippen LogP contribution in [0.2, 0.25) is 0 Å².